The Morgan fingerprint density at radius 3 is 3.00 bits per heavy atom. The van der Waals surface area contributed by atoms with Gasteiger partial charge in [-0.3, -0.25) is 4.79 Å². The molecule has 2 rings (SSSR count). The third-order valence-corrected chi connectivity index (χ3v) is 2.85. The van der Waals surface area contributed by atoms with Gasteiger partial charge in [-0.2, -0.15) is 0 Å². The largest absolute Gasteiger partial charge is 0.481 e. The molecule has 0 aliphatic rings. The summed E-state index contributed by atoms with van der Waals surface area (Å²) in [6.07, 6.45) is 2.47. The van der Waals surface area contributed by atoms with Crippen molar-refractivity contribution in [2.24, 2.45) is 0 Å². The van der Waals surface area contributed by atoms with E-state index in [2.05, 4.69) is 9.97 Å². The summed E-state index contributed by atoms with van der Waals surface area (Å²) in [5, 5.41) is 8.70. The maximum Gasteiger partial charge on any atom is 0.303 e. The number of hydrogen-bond donors (Lipinski definition) is 1. The standard InChI is InChI=1S/C13H17N3O3/c1-9-6-10-13(14-7-9)16(5-3-4-12(17)18)11(15-10)8-19-2/h6-7H,3-5,8H2,1-2H3,(H,17,18). The van der Waals surface area contributed by atoms with Crippen LogP contribution in [0.15, 0.2) is 12.3 Å². The van der Waals surface area contributed by atoms with E-state index in [4.69, 9.17) is 9.84 Å². The zero-order valence-corrected chi connectivity index (χ0v) is 11.1. The molecule has 0 bridgehead atoms. The lowest BCUT2D eigenvalue weighted by atomic mass is 10.3. The third kappa shape index (κ3) is 3.08. The van der Waals surface area contributed by atoms with Crippen LogP contribution in [0.1, 0.15) is 24.2 Å². The summed E-state index contributed by atoms with van der Waals surface area (Å²) < 4.78 is 7.06. The second-order valence-corrected chi connectivity index (χ2v) is 4.47. The van der Waals surface area contributed by atoms with Crippen molar-refractivity contribution in [1.29, 1.82) is 0 Å². The number of hydrogen-bond acceptors (Lipinski definition) is 4. The number of nitrogens with zero attached hydrogens (tertiary/aromatic N) is 3. The fraction of sp³-hybridized carbons (Fsp3) is 0.462. The Bertz CT molecular complexity index is 592. The molecule has 0 aliphatic heterocycles. The quantitative estimate of drug-likeness (QED) is 0.859. The number of ether oxygens (including phenoxy) is 1. The SMILES string of the molecule is COCc1nc2cc(C)cnc2n1CCCC(=O)O. The number of rotatable bonds is 6. The van der Waals surface area contributed by atoms with E-state index in [1.54, 1.807) is 13.3 Å². The predicted molar refractivity (Wildman–Crippen MR) is 69.8 cm³/mol. The number of aryl methyl sites for hydroxylation is 2. The zero-order chi connectivity index (χ0) is 13.8. The summed E-state index contributed by atoms with van der Waals surface area (Å²) in [6, 6.07) is 1.97. The highest BCUT2D eigenvalue weighted by Crippen LogP contribution is 2.16. The monoisotopic (exact) mass is 263 g/mol. The number of methoxy groups -OCH3 is 1. The van der Waals surface area contributed by atoms with Gasteiger partial charge in [0.05, 0.1) is 0 Å². The highest BCUT2D eigenvalue weighted by Gasteiger charge is 2.12. The molecule has 102 valence electrons. The number of aliphatic carboxylic acids is 1. The van der Waals surface area contributed by atoms with Crippen LogP contribution in [-0.2, 0) is 22.7 Å². The van der Waals surface area contributed by atoms with E-state index in [1.807, 2.05) is 17.6 Å². The van der Waals surface area contributed by atoms with Crippen molar-refractivity contribution >= 4 is 17.1 Å². The average Bonchev–Trinajstić information content (AvgIpc) is 2.66. The van der Waals surface area contributed by atoms with Gasteiger partial charge in [0, 0.05) is 26.3 Å². The molecular formula is C13H17N3O3. The van der Waals surface area contributed by atoms with E-state index in [-0.39, 0.29) is 6.42 Å². The number of carbonyl (C=O) groups is 1. The van der Waals surface area contributed by atoms with Gasteiger partial charge < -0.3 is 14.4 Å². The molecular weight excluding hydrogens is 246 g/mol. The van der Waals surface area contributed by atoms with Crippen molar-refractivity contribution in [1.82, 2.24) is 14.5 Å². The van der Waals surface area contributed by atoms with Crippen LogP contribution < -0.4 is 0 Å². The van der Waals surface area contributed by atoms with Crippen molar-refractivity contribution in [2.45, 2.75) is 32.9 Å². The Labute approximate surface area is 111 Å². The minimum Gasteiger partial charge on any atom is -0.481 e. The second-order valence-electron chi connectivity index (χ2n) is 4.47. The molecule has 0 fully saturated rings. The Hall–Kier alpha value is -1.95. The van der Waals surface area contributed by atoms with Gasteiger partial charge in [0.2, 0.25) is 0 Å². The summed E-state index contributed by atoms with van der Waals surface area (Å²) in [4.78, 5) is 19.4. The Morgan fingerprint density at radius 2 is 2.32 bits per heavy atom. The number of fused-ring (bicyclic) bond motifs is 1. The van der Waals surface area contributed by atoms with Gasteiger partial charge in [0.25, 0.3) is 0 Å². The minimum absolute atomic E-state index is 0.137. The molecule has 0 radical (unpaired) electrons. The molecule has 0 unspecified atom stereocenters. The average molecular weight is 263 g/mol. The van der Waals surface area contributed by atoms with E-state index in [9.17, 15) is 4.79 Å². The predicted octanol–water partition coefficient (Wildman–Crippen LogP) is 1.75. The minimum atomic E-state index is -0.790. The van der Waals surface area contributed by atoms with Crippen LogP contribution in [0, 0.1) is 6.92 Å². The number of imidazole rings is 1. The Balaban J connectivity index is 2.31. The first-order valence-corrected chi connectivity index (χ1v) is 6.14. The van der Waals surface area contributed by atoms with Crippen LogP contribution in [0.25, 0.3) is 11.2 Å². The highest BCUT2D eigenvalue weighted by molar-refractivity contribution is 5.72. The van der Waals surface area contributed by atoms with Gasteiger partial charge in [0.15, 0.2) is 5.65 Å². The number of carboxylic acid groups (broad SMARTS) is 1. The Kier molecular flexibility index (Phi) is 4.11. The molecule has 0 aliphatic carbocycles. The van der Waals surface area contributed by atoms with Gasteiger partial charge in [-0.05, 0) is 25.0 Å². The van der Waals surface area contributed by atoms with Crippen LogP contribution in [0.5, 0.6) is 0 Å². The number of pyridine rings is 1. The number of carboxylic acids is 1. The van der Waals surface area contributed by atoms with Crippen molar-refractivity contribution in [3.63, 3.8) is 0 Å². The normalized spacial score (nSPS) is 11.1. The van der Waals surface area contributed by atoms with Crippen molar-refractivity contribution in [2.75, 3.05) is 7.11 Å². The lowest BCUT2D eigenvalue weighted by Crippen LogP contribution is -2.07. The maximum absolute atomic E-state index is 10.6. The second kappa shape index (κ2) is 5.79. The fourth-order valence-electron chi connectivity index (χ4n) is 2.02. The molecule has 2 heterocycles. The summed E-state index contributed by atoms with van der Waals surface area (Å²) in [5.74, 6) is -0.0116. The first-order valence-electron chi connectivity index (χ1n) is 6.14. The van der Waals surface area contributed by atoms with E-state index in [0.717, 1.165) is 22.6 Å². The molecule has 6 nitrogen and oxygen atoms in total. The first-order chi connectivity index (χ1) is 9.11. The summed E-state index contributed by atoms with van der Waals surface area (Å²) >= 11 is 0. The van der Waals surface area contributed by atoms with Gasteiger partial charge in [-0.1, -0.05) is 0 Å². The smallest absolute Gasteiger partial charge is 0.303 e. The van der Waals surface area contributed by atoms with Crippen molar-refractivity contribution in [3.05, 3.63) is 23.7 Å². The number of aromatic nitrogens is 3. The molecule has 0 atom stereocenters. The van der Waals surface area contributed by atoms with Gasteiger partial charge in [0.1, 0.15) is 17.9 Å². The summed E-state index contributed by atoms with van der Waals surface area (Å²) in [5.41, 5.74) is 2.65. The van der Waals surface area contributed by atoms with Crippen molar-refractivity contribution < 1.29 is 14.6 Å². The van der Waals surface area contributed by atoms with Crippen molar-refractivity contribution in [3.8, 4) is 0 Å². The summed E-state index contributed by atoms with van der Waals surface area (Å²) in [6.45, 7) is 2.94. The van der Waals surface area contributed by atoms with Crippen LogP contribution in [0.3, 0.4) is 0 Å². The molecule has 19 heavy (non-hydrogen) atoms. The maximum atomic E-state index is 10.6. The van der Waals surface area contributed by atoms with Gasteiger partial charge in [-0.15, -0.1) is 0 Å². The van der Waals surface area contributed by atoms with Crippen LogP contribution >= 0.6 is 0 Å². The summed E-state index contributed by atoms with van der Waals surface area (Å²) in [7, 11) is 1.61. The van der Waals surface area contributed by atoms with Crippen LogP contribution in [0.2, 0.25) is 0 Å². The first kappa shape index (κ1) is 13.5. The van der Waals surface area contributed by atoms with E-state index < -0.39 is 5.97 Å². The molecule has 2 aromatic heterocycles. The van der Waals surface area contributed by atoms with Crippen LogP contribution in [0.4, 0.5) is 0 Å². The van der Waals surface area contributed by atoms with E-state index >= 15 is 0 Å². The fourth-order valence-corrected chi connectivity index (χ4v) is 2.02. The van der Waals surface area contributed by atoms with Gasteiger partial charge >= 0.3 is 5.97 Å². The van der Waals surface area contributed by atoms with Crippen LogP contribution in [-0.4, -0.2) is 32.7 Å². The lowest BCUT2D eigenvalue weighted by Gasteiger charge is -2.07. The van der Waals surface area contributed by atoms with E-state index in [1.165, 1.54) is 0 Å². The topological polar surface area (TPSA) is 77.2 Å². The Morgan fingerprint density at radius 1 is 1.53 bits per heavy atom. The van der Waals surface area contributed by atoms with E-state index in [0.29, 0.717) is 19.6 Å². The molecule has 6 heteroatoms. The molecule has 0 saturated heterocycles. The van der Waals surface area contributed by atoms with Gasteiger partial charge in [-0.25, -0.2) is 9.97 Å². The molecule has 0 amide bonds. The molecule has 0 aromatic carbocycles. The molecule has 0 saturated carbocycles. The zero-order valence-electron chi connectivity index (χ0n) is 11.1. The molecule has 2 aromatic rings. The highest BCUT2D eigenvalue weighted by atomic mass is 16.5. The third-order valence-electron chi connectivity index (χ3n) is 2.85. The molecule has 0 spiro atoms. The molecule has 1 N–H and O–H groups in total. The lowest BCUT2D eigenvalue weighted by molar-refractivity contribution is -0.137.